The molecule has 0 bridgehead atoms. The van der Waals surface area contributed by atoms with Crippen LogP contribution in [-0.4, -0.2) is 32.7 Å². The van der Waals surface area contributed by atoms with Crippen LogP contribution < -0.4 is 20.1 Å². The second kappa shape index (κ2) is 12.2. The first-order valence-corrected chi connectivity index (χ1v) is 10.2. The van der Waals surface area contributed by atoms with Crippen LogP contribution in [0.4, 0.5) is 5.69 Å². The van der Waals surface area contributed by atoms with Crippen LogP contribution in [0.25, 0.3) is 0 Å². The van der Waals surface area contributed by atoms with Gasteiger partial charge in [0.05, 0.1) is 33.4 Å². The highest BCUT2D eigenvalue weighted by atomic mass is 16.5. The van der Waals surface area contributed by atoms with E-state index >= 15 is 0 Å². The summed E-state index contributed by atoms with van der Waals surface area (Å²) in [5.74, 6) is 1.54. The Morgan fingerprint density at radius 2 is 1.61 bits per heavy atom. The van der Waals surface area contributed by atoms with E-state index in [1.165, 1.54) is 0 Å². The molecule has 0 atom stereocenters. The Morgan fingerprint density at radius 3 is 2.39 bits per heavy atom. The number of rotatable bonds is 12. The average Bonchev–Trinajstić information content (AvgIpc) is 2.82. The van der Waals surface area contributed by atoms with Crippen molar-refractivity contribution < 1.29 is 19.0 Å². The molecule has 0 unspecified atom stereocenters. The number of carbonyl (C=O) groups excluding carboxylic acids is 1. The van der Waals surface area contributed by atoms with E-state index in [-0.39, 0.29) is 12.5 Å². The zero-order chi connectivity index (χ0) is 21.7. The quantitative estimate of drug-likeness (QED) is 0.433. The van der Waals surface area contributed by atoms with E-state index in [2.05, 4.69) is 10.6 Å². The highest BCUT2D eigenvalue weighted by molar-refractivity contribution is 5.80. The molecule has 2 N–H and O–H groups in total. The molecule has 0 saturated heterocycles. The Bertz CT molecular complexity index is 930. The third-order valence-corrected chi connectivity index (χ3v) is 4.51. The summed E-state index contributed by atoms with van der Waals surface area (Å²) in [6.07, 6.45) is 0. The summed E-state index contributed by atoms with van der Waals surface area (Å²) in [6, 6.07) is 25.2. The number of ether oxygens (including phenoxy) is 3. The zero-order valence-electron chi connectivity index (χ0n) is 17.7. The maximum Gasteiger partial charge on any atom is 0.239 e. The number of para-hydroxylation sites is 1. The number of nitrogens with one attached hydrogen (secondary N) is 2. The summed E-state index contributed by atoms with van der Waals surface area (Å²) in [6.45, 7) is 2.09. The number of hydrogen-bond acceptors (Lipinski definition) is 5. The van der Waals surface area contributed by atoms with Gasteiger partial charge in [0.25, 0.3) is 0 Å². The van der Waals surface area contributed by atoms with Gasteiger partial charge in [0, 0.05) is 5.69 Å². The van der Waals surface area contributed by atoms with Gasteiger partial charge in [0.2, 0.25) is 5.91 Å². The smallest absolute Gasteiger partial charge is 0.239 e. The molecule has 6 nitrogen and oxygen atoms in total. The molecule has 0 saturated carbocycles. The van der Waals surface area contributed by atoms with Crippen molar-refractivity contribution in [1.82, 2.24) is 5.32 Å². The standard InChI is InChI=1S/C25H28N2O4/c1-29-23-12-10-20(11-13-23)18-30-19-21-6-5-7-22(16-21)27-17-25(28)26-14-15-31-24-8-3-2-4-9-24/h2-13,16,27H,14-15,17-19H2,1H3,(H,26,28). The Kier molecular flexibility index (Phi) is 8.76. The molecule has 162 valence electrons. The molecule has 0 aromatic heterocycles. The van der Waals surface area contributed by atoms with Crippen molar-refractivity contribution in [3.05, 3.63) is 90.0 Å². The molecular weight excluding hydrogens is 392 g/mol. The van der Waals surface area contributed by atoms with Crippen molar-refractivity contribution in [2.45, 2.75) is 13.2 Å². The summed E-state index contributed by atoms with van der Waals surface area (Å²) in [4.78, 5) is 12.0. The summed E-state index contributed by atoms with van der Waals surface area (Å²) < 4.78 is 16.5. The van der Waals surface area contributed by atoms with Crippen LogP contribution >= 0.6 is 0 Å². The fraction of sp³-hybridized carbons (Fsp3) is 0.240. The van der Waals surface area contributed by atoms with Crippen molar-refractivity contribution in [3.8, 4) is 11.5 Å². The summed E-state index contributed by atoms with van der Waals surface area (Å²) in [5, 5.41) is 5.98. The number of benzene rings is 3. The predicted octanol–water partition coefficient (Wildman–Crippen LogP) is 4.02. The molecule has 1 amide bonds. The molecule has 6 heteroatoms. The molecule has 0 spiro atoms. The van der Waals surface area contributed by atoms with E-state index in [0.29, 0.717) is 26.4 Å². The number of amides is 1. The summed E-state index contributed by atoms with van der Waals surface area (Å²) in [7, 11) is 1.65. The summed E-state index contributed by atoms with van der Waals surface area (Å²) in [5.41, 5.74) is 3.00. The number of hydrogen-bond donors (Lipinski definition) is 2. The van der Waals surface area contributed by atoms with Gasteiger partial charge in [-0.3, -0.25) is 4.79 Å². The molecular formula is C25H28N2O4. The maximum atomic E-state index is 12.0. The minimum absolute atomic E-state index is 0.0854. The Labute approximate surface area is 183 Å². The second-order valence-corrected chi connectivity index (χ2v) is 6.91. The largest absolute Gasteiger partial charge is 0.497 e. The van der Waals surface area contributed by atoms with E-state index in [1.54, 1.807) is 7.11 Å². The molecule has 0 fully saturated rings. The second-order valence-electron chi connectivity index (χ2n) is 6.91. The molecule has 3 aromatic carbocycles. The third kappa shape index (κ3) is 8.03. The van der Waals surface area contributed by atoms with E-state index < -0.39 is 0 Å². The predicted molar refractivity (Wildman–Crippen MR) is 121 cm³/mol. The van der Waals surface area contributed by atoms with Crippen molar-refractivity contribution in [3.63, 3.8) is 0 Å². The van der Waals surface area contributed by atoms with Crippen molar-refractivity contribution >= 4 is 11.6 Å². The molecule has 0 aliphatic carbocycles. The van der Waals surface area contributed by atoms with Crippen LogP contribution in [0.3, 0.4) is 0 Å². The van der Waals surface area contributed by atoms with Gasteiger partial charge in [-0.05, 0) is 47.5 Å². The van der Waals surface area contributed by atoms with Gasteiger partial charge < -0.3 is 24.8 Å². The van der Waals surface area contributed by atoms with Crippen molar-refractivity contribution in [2.75, 3.05) is 32.1 Å². The molecule has 31 heavy (non-hydrogen) atoms. The average molecular weight is 421 g/mol. The Balaban J connectivity index is 1.34. The SMILES string of the molecule is COc1ccc(COCc2cccc(NCC(=O)NCCOc3ccccc3)c2)cc1. The Morgan fingerprint density at radius 1 is 0.839 bits per heavy atom. The van der Waals surface area contributed by atoms with Crippen LogP contribution in [0.5, 0.6) is 11.5 Å². The van der Waals surface area contributed by atoms with Crippen molar-refractivity contribution in [1.29, 1.82) is 0 Å². The van der Waals surface area contributed by atoms with E-state index in [0.717, 1.165) is 28.3 Å². The molecule has 3 aromatic rings. The molecule has 0 aliphatic heterocycles. The molecule has 0 radical (unpaired) electrons. The van der Waals surface area contributed by atoms with E-state index in [1.807, 2.05) is 78.9 Å². The lowest BCUT2D eigenvalue weighted by atomic mass is 10.2. The normalized spacial score (nSPS) is 10.4. The number of carbonyl (C=O) groups is 1. The van der Waals surface area contributed by atoms with Gasteiger partial charge in [-0.2, -0.15) is 0 Å². The number of anilines is 1. The highest BCUT2D eigenvalue weighted by Crippen LogP contribution is 2.14. The van der Waals surface area contributed by atoms with Crippen LogP contribution in [0, 0.1) is 0 Å². The monoisotopic (exact) mass is 420 g/mol. The van der Waals surface area contributed by atoms with E-state index in [4.69, 9.17) is 14.2 Å². The lowest BCUT2D eigenvalue weighted by Crippen LogP contribution is -2.33. The first-order valence-electron chi connectivity index (χ1n) is 10.2. The molecule has 3 rings (SSSR count). The Hall–Kier alpha value is -3.51. The van der Waals surface area contributed by atoms with Gasteiger partial charge in [0.15, 0.2) is 0 Å². The van der Waals surface area contributed by atoms with Gasteiger partial charge in [0.1, 0.15) is 18.1 Å². The minimum atomic E-state index is -0.0854. The molecule has 0 aliphatic rings. The summed E-state index contributed by atoms with van der Waals surface area (Å²) >= 11 is 0. The first kappa shape index (κ1) is 22.2. The fourth-order valence-corrected chi connectivity index (χ4v) is 2.90. The minimum Gasteiger partial charge on any atom is -0.497 e. The first-order chi connectivity index (χ1) is 15.2. The van der Waals surface area contributed by atoms with Crippen LogP contribution in [0.1, 0.15) is 11.1 Å². The third-order valence-electron chi connectivity index (χ3n) is 4.51. The topological polar surface area (TPSA) is 68.8 Å². The zero-order valence-corrected chi connectivity index (χ0v) is 17.7. The highest BCUT2D eigenvalue weighted by Gasteiger charge is 2.03. The van der Waals surface area contributed by atoms with Gasteiger partial charge in [-0.15, -0.1) is 0 Å². The van der Waals surface area contributed by atoms with Crippen LogP contribution in [0.15, 0.2) is 78.9 Å². The lowest BCUT2D eigenvalue weighted by molar-refractivity contribution is -0.119. The van der Waals surface area contributed by atoms with Crippen LogP contribution in [-0.2, 0) is 22.7 Å². The van der Waals surface area contributed by atoms with Crippen molar-refractivity contribution in [2.24, 2.45) is 0 Å². The number of methoxy groups -OCH3 is 1. The molecule has 0 heterocycles. The lowest BCUT2D eigenvalue weighted by Gasteiger charge is -2.10. The van der Waals surface area contributed by atoms with Crippen LogP contribution in [0.2, 0.25) is 0 Å². The van der Waals surface area contributed by atoms with Gasteiger partial charge in [-0.1, -0.05) is 42.5 Å². The van der Waals surface area contributed by atoms with E-state index in [9.17, 15) is 4.79 Å². The van der Waals surface area contributed by atoms with Gasteiger partial charge >= 0.3 is 0 Å². The van der Waals surface area contributed by atoms with Gasteiger partial charge in [-0.25, -0.2) is 0 Å². The fourth-order valence-electron chi connectivity index (χ4n) is 2.90. The maximum absolute atomic E-state index is 12.0.